The van der Waals surface area contributed by atoms with Crippen molar-refractivity contribution in [2.75, 3.05) is 0 Å². The van der Waals surface area contributed by atoms with Crippen LogP contribution >= 0.6 is 0 Å². The highest BCUT2D eigenvalue weighted by molar-refractivity contribution is 5.75. The molecule has 6 heteroatoms. The first-order valence-electron chi connectivity index (χ1n) is 6.81. The van der Waals surface area contributed by atoms with Crippen molar-refractivity contribution in [3.05, 3.63) is 35.7 Å². The van der Waals surface area contributed by atoms with Crippen molar-refractivity contribution in [2.24, 2.45) is 0 Å². The van der Waals surface area contributed by atoms with Crippen LogP contribution in [-0.4, -0.2) is 26.1 Å². The zero-order valence-corrected chi connectivity index (χ0v) is 11.8. The highest BCUT2D eigenvalue weighted by atomic mass is 16.1. The third-order valence-corrected chi connectivity index (χ3v) is 3.01. The summed E-state index contributed by atoms with van der Waals surface area (Å²) in [5.41, 5.74) is 2.06. The number of carbonyl (C=O) groups is 1. The average molecular weight is 273 g/mol. The monoisotopic (exact) mass is 273 g/mol. The summed E-state index contributed by atoms with van der Waals surface area (Å²) < 4.78 is 1.64. The van der Waals surface area contributed by atoms with E-state index in [9.17, 15) is 4.79 Å². The summed E-state index contributed by atoms with van der Waals surface area (Å²) in [6.07, 6.45) is 2.45. The van der Waals surface area contributed by atoms with Gasteiger partial charge in [-0.2, -0.15) is 4.68 Å². The Kier molecular flexibility index (Phi) is 4.81. The molecule has 1 amide bonds. The topological polar surface area (TPSA) is 72.7 Å². The van der Waals surface area contributed by atoms with Gasteiger partial charge in [0, 0.05) is 6.42 Å². The quantitative estimate of drug-likeness (QED) is 0.870. The van der Waals surface area contributed by atoms with Gasteiger partial charge in [0.1, 0.15) is 0 Å². The molecule has 0 aliphatic heterocycles. The predicted octanol–water partition coefficient (Wildman–Crippen LogP) is 1.78. The molecule has 1 heterocycles. The van der Waals surface area contributed by atoms with E-state index in [0.717, 1.165) is 18.5 Å². The smallest absolute Gasteiger partial charge is 0.220 e. The molecule has 0 atom stereocenters. The van der Waals surface area contributed by atoms with Crippen molar-refractivity contribution in [3.8, 4) is 5.69 Å². The van der Waals surface area contributed by atoms with Gasteiger partial charge in [0.05, 0.1) is 12.2 Å². The molecule has 6 nitrogen and oxygen atoms in total. The van der Waals surface area contributed by atoms with E-state index in [1.807, 2.05) is 31.2 Å². The summed E-state index contributed by atoms with van der Waals surface area (Å²) in [6, 6.07) is 7.91. The zero-order valence-electron chi connectivity index (χ0n) is 11.8. The second-order valence-electron chi connectivity index (χ2n) is 4.72. The van der Waals surface area contributed by atoms with E-state index in [1.165, 1.54) is 5.56 Å². The van der Waals surface area contributed by atoms with Crippen LogP contribution in [0.3, 0.4) is 0 Å². The lowest BCUT2D eigenvalue weighted by molar-refractivity contribution is -0.121. The lowest BCUT2D eigenvalue weighted by Gasteiger charge is -2.06. The van der Waals surface area contributed by atoms with Gasteiger partial charge in [-0.05, 0) is 35.9 Å². The molecule has 1 aromatic carbocycles. The Morgan fingerprint density at radius 1 is 1.30 bits per heavy atom. The van der Waals surface area contributed by atoms with Crippen LogP contribution in [0.5, 0.6) is 0 Å². The lowest BCUT2D eigenvalue weighted by Crippen LogP contribution is -2.24. The van der Waals surface area contributed by atoms with E-state index < -0.39 is 0 Å². The minimum atomic E-state index is 0.0327. The maximum atomic E-state index is 11.6. The van der Waals surface area contributed by atoms with Gasteiger partial charge >= 0.3 is 0 Å². The second-order valence-corrected chi connectivity index (χ2v) is 4.72. The number of amides is 1. The second kappa shape index (κ2) is 6.79. The maximum absolute atomic E-state index is 11.6. The van der Waals surface area contributed by atoms with Gasteiger partial charge in [0.25, 0.3) is 0 Å². The first kappa shape index (κ1) is 14.2. The molecule has 0 aliphatic rings. The number of carbonyl (C=O) groups excluding carboxylic acids is 1. The Bertz CT molecular complexity index is 561. The molecule has 0 unspecified atom stereocenters. The number of hydrogen-bond acceptors (Lipinski definition) is 4. The van der Waals surface area contributed by atoms with Crippen molar-refractivity contribution in [1.82, 2.24) is 25.5 Å². The molecule has 2 rings (SSSR count). The average Bonchev–Trinajstić information content (AvgIpc) is 2.92. The summed E-state index contributed by atoms with van der Waals surface area (Å²) in [7, 11) is 0. The van der Waals surface area contributed by atoms with E-state index >= 15 is 0 Å². The molecule has 0 saturated carbocycles. The predicted molar refractivity (Wildman–Crippen MR) is 75.3 cm³/mol. The van der Waals surface area contributed by atoms with Crippen molar-refractivity contribution in [1.29, 1.82) is 0 Å². The fourth-order valence-corrected chi connectivity index (χ4v) is 1.81. The standard InChI is InChI=1S/C14H19N5O/c1-3-4-5-14(20)15-10-13-16-17-18-19(13)12-8-6-11(2)7-9-12/h6-9H,3-5,10H2,1-2H3,(H,15,20). The largest absolute Gasteiger partial charge is 0.349 e. The van der Waals surface area contributed by atoms with E-state index in [2.05, 4.69) is 27.8 Å². The number of rotatable bonds is 6. The van der Waals surface area contributed by atoms with Crippen molar-refractivity contribution < 1.29 is 4.79 Å². The van der Waals surface area contributed by atoms with Crippen LogP contribution in [0, 0.1) is 6.92 Å². The van der Waals surface area contributed by atoms with Crippen LogP contribution in [0.15, 0.2) is 24.3 Å². The van der Waals surface area contributed by atoms with Gasteiger partial charge in [-0.1, -0.05) is 31.0 Å². The van der Waals surface area contributed by atoms with Gasteiger partial charge in [0.15, 0.2) is 5.82 Å². The number of tetrazole rings is 1. The van der Waals surface area contributed by atoms with E-state index in [4.69, 9.17) is 0 Å². The minimum Gasteiger partial charge on any atom is -0.349 e. The van der Waals surface area contributed by atoms with Gasteiger partial charge in [-0.15, -0.1) is 5.10 Å². The SMILES string of the molecule is CCCCC(=O)NCc1nnnn1-c1ccc(C)cc1. The van der Waals surface area contributed by atoms with Gasteiger partial charge in [-0.3, -0.25) is 4.79 Å². The van der Waals surface area contributed by atoms with Gasteiger partial charge in [0.2, 0.25) is 5.91 Å². The fraction of sp³-hybridized carbons (Fsp3) is 0.429. The maximum Gasteiger partial charge on any atom is 0.220 e. The Labute approximate surface area is 118 Å². The molecule has 2 aromatic rings. The van der Waals surface area contributed by atoms with Crippen molar-refractivity contribution in [3.63, 3.8) is 0 Å². The number of benzene rings is 1. The number of hydrogen-bond donors (Lipinski definition) is 1. The number of unbranched alkanes of at least 4 members (excludes halogenated alkanes) is 1. The minimum absolute atomic E-state index is 0.0327. The van der Waals surface area contributed by atoms with Crippen LogP contribution in [0.4, 0.5) is 0 Å². The van der Waals surface area contributed by atoms with E-state index in [-0.39, 0.29) is 5.91 Å². The molecule has 20 heavy (non-hydrogen) atoms. The summed E-state index contributed by atoms with van der Waals surface area (Å²) in [5, 5.41) is 14.4. The first-order valence-corrected chi connectivity index (χ1v) is 6.81. The Balaban J connectivity index is 2.02. The van der Waals surface area contributed by atoms with Crippen LogP contribution in [-0.2, 0) is 11.3 Å². The molecular weight excluding hydrogens is 254 g/mol. The number of nitrogens with one attached hydrogen (secondary N) is 1. The zero-order chi connectivity index (χ0) is 14.4. The van der Waals surface area contributed by atoms with Crippen LogP contribution in [0.1, 0.15) is 37.6 Å². The summed E-state index contributed by atoms with van der Waals surface area (Å²) in [5.74, 6) is 0.656. The Hall–Kier alpha value is -2.24. The molecule has 0 aliphatic carbocycles. The highest BCUT2D eigenvalue weighted by Crippen LogP contribution is 2.09. The van der Waals surface area contributed by atoms with Crippen molar-refractivity contribution >= 4 is 5.91 Å². The molecule has 106 valence electrons. The van der Waals surface area contributed by atoms with Crippen LogP contribution < -0.4 is 5.32 Å². The molecule has 0 saturated heterocycles. The number of aromatic nitrogens is 4. The molecule has 0 spiro atoms. The molecule has 1 aromatic heterocycles. The third-order valence-electron chi connectivity index (χ3n) is 3.01. The van der Waals surface area contributed by atoms with Crippen molar-refractivity contribution in [2.45, 2.75) is 39.7 Å². The van der Waals surface area contributed by atoms with E-state index in [0.29, 0.717) is 18.8 Å². The number of nitrogens with zero attached hydrogens (tertiary/aromatic N) is 4. The molecular formula is C14H19N5O. The highest BCUT2D eigenvalue weighted by Gasteiger charge is 2.09. The molecule has 0 fully saturated rings. The number of aryl methyl sites for hydroxylation is 1. The molecule has 1 N–H and O–H groups in total. The Morgan fingerprint density at radius 3 is 2.75 bits per heavy atom. The summed E-state index contributed by atoms with van der Waals surface area (Å²) in [6.45, 7) is 4.42. The Morgan fingerprint density at radius 2 is 2.05 bits per heavy atom. The molecule has 0 bridgehead atoms. The van der Waals surface area contributed by atoms with Gasteiger partial charge < -0.3 is 5.32 Å². The lowest BCUT2D eigenvalue weighted by atomic mass is 10.2. The fourth-order valence-electron chi connectivity index (χ4n) is 1.81. The summed E-state index contributed by atoms with van der Waals surface area (Å²) >= 11 is 0. The first-order chi connectivity index (χ1) is 9.70. The van der Waals surface area contributed by atoms with Crippen LogP contribution in [0.25, 0.3) is 5.69 Å². The van der Waals surface area contributed by atoms with Crippen LogP contribution in [0.2, 0.25) is 0 Å². The summed E-state index contributed by atoms with van der Waals surface area (Å²) in [4.78, 5) is 11.6. The van der Waals surface area contributed by atoms with Gasteiger partial charge in [-0.25, -0.2) is 0 Å². The third kappa shape index (κ3) is 3.63. The molecule has 0 radical (unpaired) electrons. The van der Waals surface area contributed by atoms with E-state index in [1.54, 1.807) is 4.68 Å². The normalized spacial score (nSPS) is 10.5.